The molecule has 0 aliphatic heterocycles. The topological polar surface area (TPSA) is 69.8 Å². The third-order valence-corrected chi connectivity index (χ3v) is 2.51. The molecule has 17 heavy (non-hydrogen) atoms. The van der Waals surface area contributed by atoms with Crippen molar-refractivity contribution in [2.45, 2.75) is 0 Å². The van der Waals surface area contributed by atoms with Crippen molar-refractivity contribution in [3.8, 4) is 0 Å². The first-order chi connectivity index (χ1) is 7.97. The van der Waals surface area contributed by atoms with E-state index in [-0.39, 0.29) is 12.5 Å². The number of nitrogen functional groups attached to an aromatic ring is 1. The van der Waals surface area contributed by atoms with Crippen LogP contribution in [0.5, 0.6) is 0 Å². The second-order valence-corrected chi connectivity index (χ2v) is 4.12. The fraction of sp³-hybridized carbons (Fsp3) is 0.417. The second kappa shape index (κ2) is 5.54. The van der Waals surface area contributed by atoms with Crippen molar-refractivity contribution in [3.63, 3.8) is 0 Å². The van der Waals surface area contributed by atoms with Crippen molar-refractivity contribution in [3.05, 3.63) is 23.8 Å². The lowest BCUT2D eigenvalue weighted by atomic mass is 10.1. The second-order valence-electron chi connectivity index (χ2n) is 4.12. The standard InChI is InChI=1S/C12H19N3O2/c1-14(2)12(17)10-5-4-9(13)8-11(10)15(3)6-7-16/h4-5,8,16H,6-7,13H2,1-3H3. The number of amides is 1. The van der Waals surface area contributed by atoms with Gasteiger partial charge in [-0.3, -0.25) is 4.79 Å². The lowest BCUT2D eigenvalue weighted by Crippen LogP contribution is -2.27. The molecule has 0 aliphatic rings. The number of carbonyl (C=O) groups excluding carboxylic acids is 1. The number of carbonyl (C=O) groups is 1. The Balaban J connectivity index is 3.16. The van der Waals surface area contributed by atoms with Crippen LogP contribution in [0.3, 0.4) is 0 Å². The van der Waals surface area contributed by atoms with E-state index < -0.39 is 0 Å². The number of hydrogen-bond donors (Lipinski definition) is 2. The van der Waals surface area contributed by atoms with Gasteiger partial charge in [0.2, 0.25) is 0 Å². The predicted octanol–water partition coefficient (Wildman–Crippen LogP) is 0.399. The van der Waals surface area contributed by atoms with Crippen molar-refractivity contribution in [2.24, 2.45) is 0 Å². The number of benzene rings is 1. The maximum absolute atomic E-state index is 12.0. The van der Waals surface area contributed by atoms with Gasteiger partial charge < -0.3 is 20.6 Å². The highest BCUT2D eigenvalue weighted by Crippen LogP contribution is 2.23. The highest BCUT2D eigenvalue weighted by Gasteiger charge is 2.15. The van der Waals surface area contributed by atoms with E-state index >= 15 is 0 Å². The molecule has 3 N–H and O–H groups in total. The number of aliphatic hydroxyl groups is 1. The highest BCUT2D eigenvalue weighted by atomic mass is 16.3. The molecule has 0 spiro atoms. The predicted molar refractivity (Wildman–Crippen MR) is 69.2 cm³/mol. The van der Waals surface area contributed by atoms with E-state index in [1.807, 2.05) is 11.9 Å². The summed E-state index contributed by atoms with van der Waals surface area (Å²) in [5, 5.41) is 8.94. The van der Waals surface area contributed by atoms with Gasteiger partial charge in [0.25, 0.3) is 5.91 Å². The number of hydrogen-bond acceptors (Lipinski definition) is 4. The van der Waals surface area contributed by atoms with Crippen molar-refractivity contribution < 1.29 is 9.90 Å². The van der Waals surface area contributed by atoms with Crippen LogP contribution < -0.4 is 10.6 Å². The first-order valence-electron chi connectivity index (χ1n) is 5.40. The average Bonchev–Trinajstić information content (AvgIpc) is 2.28. The van der Waals surface area contributed by atoms with Gasteiger partial charge in [-0.05, 0) is 18.2 Å². The van der Waals surface area contributed by atoms with Crippen molar-refractivity contribution in [1.29, 1.82) is 0 Å². The van der Waals surface area contributed by atoms with Crippen LogP contribution in [0.15, 0.2) is 18.2 Å². The lowest BCUT2D eigenvalue weighted by Gasteiger charge is -2.23. The molecule has 0 radical (unpaired) electrons. The first kappa shape index (κ1) is 13.3. The summed E-state index contributed by atoms with van der Waals surface area (Å²) in [6.45, 7) is 0.484. The van der Waals surface area contributed by atoms with Crippen molar-refractivity contribution >= 4 is 17.3 Å². The molecule has 1 rings (SSSR count). The van der Waals surface area contributed by atoms with Crippen LogP contribution in [0.1, 0.15) is 10.4 Å². The minimum Gasteiger partial charge on any atom is -0.399 e. The Morgan fingerprint density at radius 3 is 2.53 bits per heavy atom. The Labute approximate surface area is 101 Å². The quantitative estimate of drug-likeness (QED) is 0.744. The van der Waals surface area contributed by atoms with E-state index in [9.17, 15) is 4.79 Å². The van der Waals surface area contributed by atoms with Gasteiger partial charge in [-0.15, -0.1) is 0 Å². The molecular formula is C12H19N3O2. The molecule has 0 heterocycles. The van der Waals surface area contributed by atoms with Gasteiger partial charge in [0.15, 0.2) is 0 Å². The van der Waals surface area contributed by atoms with Crippen LogP contribution in [0.2, 0.25) is 0 Å². The summed E-state index contributed by atoms with van der Waals surface area (Å²) < 4.78 is 0. The molecule has 5 heteroatoms. The third-order valence-electron chi connectivity index (χ3n) is 2.51. The summed E-state index contributed by atoms with van der Waals surface area (Å²) in [4.78, 5) is 15.3. The van der Waals surface area contributed by atoms with Crippen LogP contribution in [0, 0.1) is 0 Å². The Morgan fingerprint density at radius 2 is 2.00 bits per heavy atom. The number of rotatable bonds is 4. The molecule has 0 fully saturated rings. The van der Waals surface area contributed by atoms with Gasteiger partial charge >= 0.3 is 0 Å². The fourth-order valence-corrected chi connectivity index (χ4v) is 1.56. The summed E-state index contributed by atoms with van der Waals surface area (Å²) >= 11 is 0. The van der Waals surface area contributed by atoms with Crippen LogP contribution in [-0.4, -0.2) is 50.2 Å². The first-order valence-corrected chi connectivity index (χ1v) is 5.40. The lowest BCUT2D eigenvalue weighted by molar-refractivity contribution is 0.0828. The summed E-state index contributed by atoms with van der Waals surface area (Å²) in [6, 6.07) is 5.15. The molecule has 0 saturated carbocycles. The number of nitrogens with two attached hydrogens (primary N) is 1. The summed E-state index contributed by atoms with van der Waals surface area (Å²) in [5.41, 5.74) is 7.64. The minimum absolute atomic E-state index is 0.0287. The molecule has 0 saturated heterocycles. The molecule has 94 valence electrons. The molecule has 0 aliphatic carbocycles. The summed E-state index contributed by atoms with van der Waals surface area (Å²) in [7, 11) is 5.22. The molecule has 5 nitrogen and oxygen atoms in total. The smallest absolute Gasteiger partial charge is 0.255 e. The van der Waals surface area contributed by atoms with E-state index in [0.29, 0.717) is 17.8 Å². The van der Waals surface area contributed by atoms with Crippen LogP contribution >= 0.6 is 0 Å². The van der Waals surface area contributed by atoms with Gasteiger partial charge in [0.05, 0.1) is 17.9 Å². The molecule has 0 bridgehead atoms. The Hall–Kier alpha value is -1.75. The van der Waals surface area contributed by atoms with E-state index in [1.54, 1.807) is 32.3 Å². The molecular weight excluding hydrogens is 218 g/mol. The zero-order valence-corrected chi connectivity index (χ0v) is 10.5. The van der Waals surface area contributed by atoms with Crippen LogP contribution in [0.4, 0.5) is 11.4 Å². The third kappa shape index (κ3) is 3.10. The van der Waals surface area contributed by atoms with Crippen LogP contribution in [-0.2, 0) is 0 Å². The van der Waals surface area contributed by atoms with E-state index in [1.165, 1.54) is 4.90 Å². The number of nitrogens with zero attached hydrogens (tertiary/aromatic N) is 2. The van der Waals surface area contributed by atoms with Gasteiger partial charge in [-0.25, -0.2) is 0 Å². The maximum Gasteiger partial charge on any atom is 0.255 e. The molecule has 0 atom stereocenters. The Morgan fingerprint density at radius 1 is 1.35 bits per heavy atom. The van der Waals surface area contributed by atoms with Gasteiger partial charge in [0.1, 0.15) is 0 Å². The number of anilines is 2. The monoisotopic (exact) mass is 237 g/mol. The summed E-state index contributed by atoms with van der Waals surface area (Å²) in [6.07, 6.45) is 0. The zero-order valence-electron chi connectivity index (χ0n) is 10.5. The molecule has 0 unspecified atom stereocenters. The van der Waals surface area contributed by atoms with Gasteiger partial charge in [-0.2, -0.15) is 0 Å². The number of likely N-dealkylation sites (N-methyl/N-ethyl adjacent to an activating group) is 1. The van der Waals surface area contributed by atoms with Gasteiger partial charge in [0, 0.05) is 33.4 Å². The molecule has 1 amide bonds. The molecule has 1 aromatic rings. The zero-order chi connectivity index (χ0) is 13.0. The van der Waals surface area contributed by atoms with E-state index in [4.69, 9.17) is 10.8 Å². The van der Waals surface area contributed by atoms with Crippen molar-refractivity contribution in [1.82, 2.24) is 4.90 Å². The Kier molecular flexibility index (Phi) is 4.34. The Bertz CT molecular complexity index is 405. The maximum atomic E-state index is 12.0. The van der Waals surface area contributed by atoms with E-state index in [0.717, 1.165) is 5.69 Å². The summed E-state index contributed by atoms with van der Waals surface area (Å²) in [5.74, 6) is -0.0789. The molecule has 1 aromatic carbocycles. The number of aliphatic hydroxyl groups excluding tert-OH is 1. The van der Waals surface area contributed by atoms with Gasteiger partial charge in [-0.1, -0.05) is 0 Å². The van der Waals surface area contributed by atoms with Crippen molar-refractivity contribution in [2.75, 3.05) is 44.9 Å². The largest absolute Gasteiger partial charge is 0.399 e. The average molecular weight is 237 g/mol. The minimum atomic E-state index is -0.0789. The van der Waals surface area contributed by atoms with E-state index in [2.05, 4.69) is 0 Å². The highest BCUT2D eigenvalue weighted by molar-refractivity contribution is 6.00. The SMILES string of the molecule is CN(C)C(=O)c1ccc(N)cc1N(C)CCO. The normalized spacial score (nSPS) is 10.1. The van der Waals surface area contributed by atoms with Crippen LogP contribution in [0.25, 0.3) is 0 Å². The molecule has 0 aromatic heterocycles. The fourth-order valence-electron chi connectivity index (χ4n) is 1.56.